The van der Waals surface area contributed by atoms with Crippen LogP contribution in [0.2, 0.25) is 0 Å². The minimum absolute atomic E-state index is 0.465. The molecule has 0 bridgehead atoms. The lowest BCUT2D eigenvalue weighted by molar-refractivity contribution is 0.0507. The van der Waals surface area contributed by atoms with Gasteiger partial charge in [0.05, 0.1) is 32.0 Å². The molecule has 0 saturated heterocycles. The number of nitrogens with two attached hydrogens (primary N) is 1. The van der Waals surface area contributed by atoms with Gasteiger partial charge in [0.1, 0.15) is 0 Å². The molecule has 1 saturated carbocycles. The predicted octanol–water partition coefficient (Wildman–Crippen LogP) is 5.61. The molecule has 3 N–H and O–H groups in total. The number of hydrogen-bond donors (Lipinski definition) is 2. The van der Waals surface area contributed by atoms with Crippen LogP contribution in [0.15, 0.2) is 84.9 Å². The van der Waals surface area contributed by atoms with Crippen LogP contribution >= 0.6 is 0 Å². The fourth-order valence-electron chi connectivity index (χ4n) is 5.34. The highest BCUT2D eigenvalue weighted by molar-refractivity contribution is 5.50. The Bertz CT molecular complexity index is 930. The molecule has 0 radical (unpaired) electrons. The van der Waals surface area contributed by atoms with E-state index in [1.54, 1.807) is 0 Å². The number of nitrogens with one attached hydrogen (secondary N) is 1. The van der Waals surface area contributed by atoms with Crippen LogP contribution in [0.3, 0.4) is 0 Å². The summed E-state index contributed by atoms with van der Waals surface area (Å²) >= 11 is 0. The van der Waals surface area contributed by atoms with E-state index in [-0.39, 0.29) is 0 Å². The molecule has 4 rings (SSSR count). The van der Waals surface area contributed by atoms with E-state index >= 15 is 0 Å². The summed E-state index contributed by atoms with van der Waals surface area (Å²) in [4.78, 5) is 0. The maximum Gasteiger partial charge on any atom is 0.0948 e. The zero-order chi connectivity index (χ0) is 24.2. The number of hydrogen-bond acceptors (Lipinski definition) is 4. The first-order valence-electron chi connectivity index (χ1n) is 13.2. The van der Waals surface area contributed by atoms with E-state index in [0.29, 0.717) is 45.4 Å². The van der Waals surface area contributed by atoms with Crippen LogP contribution in [-0.2, 0) is 15.0 Å². The smallest absolute Gasteiger partial charge is 0.0948 e. The minimum Gasteiger partial charge on any atom is -0.378 e. The summed E-state index contributed by atoms with van der Waals surface area (Å²) < 4.78 is 11.3. The van der Waals surface area contributed by atoms with Crippen LogP contribution in [0.25, 0.3) is 0 Å². The average Bonchev–Trinajstić information content (AvgIpc) is 2.94. The van der Waals surface area contributed by atoms with E-state index in [1.807, 2.05) is 0 Å². The van der Waals surface area contributed by atoms with Gasteiger partial charge in [-0.2, -0.15) is 0 Å². The SMILES string of the molecule is NCCOCCOCCNC(c1ccccc1)(c1ccccc1)c1ccc(C2CCCCC2)cc1. The van der Waals surface area contributed by atoms with Gasteiger partial charge in [-0.15, -0.1) is 0 Å². The third-order valence-corrected chi connectivity index (χ3v) is 7.10. The van der Waals surface area contributed by atoms with Crippen molar-refractivity contribution in [1.82, 2.24) is 5.32 Å². The van der Waals surface area contributed by atoms with Gasteiger partial charge in [-0.1, -0.05) is 104 Å². The van der Waals surface area contributed by atoms with E-state index in [4.69, 9.17) is 15.2 Å². The van der Waals surface area contributed by atoms with Gasteiger partial charge >= 0.3 is 0 Å². The van der Waals surface area contributed by atoms with Crippen molar-refractivity contribution in [3.63, 3.8) is 0 Å². The largest absolute Gasteiger partial charge is 0.378 e. The van der Waals surface area contributed by atoms with Crippen LogP contribution in [0.4, 0.5) is 0 Å². The molecule has 0 atom stereocenters. The van der Waals surface area contributed by atoms with Gasteiger partial charge in [-0.05, 0) is 41.0 Å². The summed E-state index contributed by atoms with van der Waals surface area (Å²) in [6, 6.07) is 30.9. The van der Waals surface area contributed by atoms with Gasteiger partial charge in [0.15, 0.2) is 0 Å². The predicted molar refractivity (Wildman–Crippen MR) is 144 cm³/mol. The molecule has 0 amide bonds. The number of benzene rings is 3. The molecule has 186 valence electrons. The van der Waals surface area contributed by atoms with E-state index in [0.717, 1.165) is 0 Å². The molecule has 0 aliphatic heterocycles. The molecule has 3 aromatic rings. The first kappa shape index (κ1) is 25.6. The Hall–Kier alpha value is -2.50. The van der Waals surface area contributed by atoms with Crippen LogP contribution in [0, 0.1) is 0 Å². The lowest BCUT2D eigenvalue weighted by Crippen LogP contribution is -2.46. The highest BCUT2D eigenvalue weighted by Crippen LogP contribution is 2.38. The van der Waals surface area contributed by atoms with E-state index < -0.39 is 5.54 Å². The summed E-state index contributed by atoms with van der Waals surface area (Å²) in [5.74, 6) is 0.698. The van der Waals surface area contributed by atoms with Crippen molar-refractivity contribution in [2.24, 2.45) is 5.73 Å². The molecule has 35 heavy (non-hydrogen) atoms. The molecule has 1 aliphatic rings. The van der Waals surface area contributed by atoms with Gasteiger partial charge in [0, 0.05) is 13.1 Å². The number of rotatable bonds is 13. The highest BCUT2D eigenvalue weighted by Gasteiger charge is 2.35. The monoisotopic (exact) mass is 472 g/mol. The molecule has 4 heteroatoms. The second-order valence-corrected chi connectivity index (χ2v) is 9.38. The Kier molecular flexibility index (Phi) is 9.91. The summed E-state index contributed by atoms with van der Waals surface area (Å²) in [5, 5.41) is 3.90. The van der Waals surface area contributed by atoms with Gasteiger partial charge in [-0.25, -0.2) is 0 Å². The van der Waals surface area contributed by atoms with E-state index in [9.17, 15) is 0 Å². The second kappa shape index (κ2) is 13.6. The first-order valence-corrected chi connectivity index (χ1v) is 13.2. The Balaban J connectivity index is 1.60. The lowest BCUT2D eigenvalue weighted by Gasteiger charge is -2.37. The summed E-state index contributed by atoms with van der Waals surface area (Å²) in [6.07, 6.45) is 6.70. The molecule has 4 nitrogen and oxygen atoms in total. The molecule has 1 fully saturated rings. The molecule has 0 heterocycles. The van der Waals surface area contributed by atoms with E-state index in [2.05, 4.69) is 90.2 Å². The molecule has 1 aliphatic carbocycles. The topological polar surface area (TPSA) is 56.5 Å². The van der Waals surface area contributed by atoms with Crippen molar-refractivity contribution in [2.75, 3.05) is 39.5 Å². The fraction of sp³-hybridized carbons (Fsp3) is 0.419. The van der Waals surface area contributed by atoms with Crippen molar-refractivity contribution in [1.29, 1.82) is 0 Å². The van der Waals surface area contributed by atoms with Crippen molar-refractivity contribution < 1.29 is 9.47 Å². The van der Waals surface area contributed by atoms with Gasteiger partial charge in [-0.3, -0.25) is 5.32 Å². The summed E-state index contributed by atoms with van der Waals surface area (Å²) in [6.45, 7) is 3.57. The summed E-state index contributed by atoms with van der Waals surface area (Å²) in [7, 11) is 0. The standard InChI is InChI=1S/C31H40N2O2/c32-20-22-34-24-25-35-23-21-33-31(28-12-6-2-7-13-28,29-14-8-3-9-15-29)30-18-16-27(17-19-30)26-10-4-1-5-11-26/h2-3,6-9,12-19,26,33H,1,4-5,10-11,20-25,32H2. The van der Waals surface area contributed by atoms with Crippen LogP contribution in [0.5, 0.6) is 0 Å². The lowest BCUT2D eigenvalue weighted by atomic mass is 9.76. The van der Waals surface area contributed by atoms with Crippen LogP contribution in [-0.4, -0.2) is 39.5 Å². The first-order chi connectivity index (χ1) is 17.3. The Morgan fingerprint density at radius 2 is 1.20 bits per heavy atom. The van der Waals surface area contributed by atoms with Gasteiger partial charge in [0.2, 0.25) is 0 Å². The normalized spacial score (nSPS) is 14.8. The third kappa shape index (κ3) is 6.59. The zero-order valence-corrected chi connectivity index (χ0v) is 20.8. The maximum absolute atomic E-state index is 5.85. The molecule has 0 spiro atoms. The van der Waals surface area contributed by atoms with Gasteiger partial charge in [0.25, 0.3) is 0 Å². The Morgan fingerprint density at radius 1 is 0.657 bits per heavy atom. The van der Waals surface area contributed by atoms with Gasteiger partial charge < -0.3 is 15.2 Å². The Labute approximate surface area is 210 Å². The molecular weight excluding hydrogens is 432 g/mol. The molecule has 0 unspecified atom stereocenters. The van der Waals surface area contributed by atoms with Crippen LogP contribution in [0.1, 0.15) is 60.3 Å². The van der Waals surface area contributed by atoms with E-state index in [1.165, 1.54) is 54.4 Å². The highest BCUT2D eigenvalue weighted by atomic mass is 16.5. The van der Waals surface area contributed by atoms with Crippen molar-refractivity contribution in [3.05, 3.63) is 107 Å². The van der Waals surface area contributed by atoms with Crippen molar-refractivity contribution in [2.45, 2.75) is 43.6 Å². The van der Waals surface area contributed by atoms with Crippen LogP contribution < -0.4 is 11.1 Å². The molecule has 0 aromatic heterocycles. The quantitative estimate of drug-likeness (QED) is 0.251. The van der Waals surface area contributed by atoms with Crippen molar-refractivity contribution >= 4 is 0 Å². The van der Waals surface area contributed by atoms with Crippen molar-refractivity contribution in [3.8, 4) is 0 Å². The summed E-state index contributed by atoms with van der Waals surface area (Å²) in [5.41, 5.74) is 10.2. The molecular formula is C31H40N2O2. The minimum atomic E-state index is -0.465. The second-order valence-electron chi connectivity index (χ2n) is 9.38. The zero-order valence-electron chi connectivity index (χ0n) is 20.8. The average molecular weight is 473 g/mol. The molecule has 3 aromatic carbocycles. The fourth-order valence-corrected chi connectivity index (χ4v) is 5.34. The maximum atomic E-state index is 5.85. The Morgan fingerprint density at radius 3 is 1.77 bits per heavy atom. The third-order valence-electron chi connectivity index (χ3n) is 7.10. The number of ether oxygens (including phenoxy) is 2.